The molecule has 0 radical (unpaired) electrons. The summed E-state index contributed by atoms with van der Waals surface area (Å²) in [4.78, 5) is 8.07. The minimum Gasteiger partial charge on any atom is -0.245 e. The highest BCUT2D eigenvalue weighted by Gasteiger charge is 2.04. The van der Waals surface area contributed by atoms with Crippen molar-refractivity contribution in [2.75, 3.05) is 0 Å². The maximum absolute atomic E-state index is 5.85. The average molecular weight is 229 g/mol. The summed E-state index contributed by atoms with van der Waals surface area (Å²) in [5, 5.41) is 3.24. The molecule has 0 aliphatic carbocycles. The van der Waals surface area contributed by atoms with Crippen LogP contribution in [0.5, 0.6) is 0 Å². The molecule has 0 fully saturated rings. The third kappa shape index (κ3) is 2.21. The van der Waals surface area contributed by atoms with Crippen LogP contribution in [0.4, 0.5) is 0 Å². The fraction of sp³-hybridized carbons (Fsp3) is 0. The second-order valence-corrected chi connectivity index (χ2v) is 4.78. The van der Waals surface area contributed by atoms with Crippen molar-refractivity contribution < 1.29 is 0 Å². The van der Waals surface area contributed by atoms with Crippen LogP contribution in [-0.4, -0.2) is 9.97 Å². The van der Waals surface area contributed by atoms with E-state index in [0.29, 0.717) is 5.15 Å². The summed E-state index contributed by atoms with van der Waals surface area (Å²) < 4.78 is 1.17. The quantitative estimate of drug-likeness (QED) is 0.789. The van der Waals surface area contributed by atoms with Crippen LogP contribution < -0.4 is 0 Å². The van der Waals surface area contributed by atoms with E-state index in [1.807, 2.05) is 17.5 Å². The zero-order valence-corrected chi connectivity index (χ0v) is 8.86. The molecule has 2 rings (SSSR count). The van der Waals surface area contributed by atoms with Gasteiger partial charge in [-0.1, -0.05) is 29.4 Å². The molecule has 2 nitrogen and oxygen atoms in total. The van der Waals surface area contributed by atoms with Gasteiger partial charge in [0.05, 0.1) is 4.21 Å². The number of thiophene rings is 1. The van der Waals surface area contributed by atoms with Crippen molar-refractivity contribution in [2.45, 2.75) is 9.24 Å². The Morgan fingerprint density at radius 2 is 2.15 bits per heavy atom. The Kier molecular flexibility index (Phi) is 2.83. The van der Waals surface area contributed by atoms with Gasteiger partial charge in [0.1, 0.15) is 5.03 Å². The smallest absolute Gasteiger partial charge is 0.161 e. The molecule has 2 aromatic rings. The lowest BCUT2D eigenvalue weighted by Crippen LogP contribution is -1.82. The molecule has 0 amide bonds. The molecule has 0 saturated carbocycles. The van der Waals surface area contributed by atoms with Crippen molar-refractivity contribution in [1.29, 1.82) is 0 Å². The molecule has 0 saturated heterocycles. The Balaban J connectivity index is 2.24. The van der Waals surface area contributed by atoms with Gasteiger partial charge in [0.25, 0.3) is 0 Å². The van der Waals surface area contributed by atoms with Gasteiger partial charge in [0, 0.05) is 12.4 Å². The van der Waals surface area contributed by atoms with E-state index in [0.717, 1.165) is 5.03 Å². The summed E-state index contributed by atoms with van der Waals surface area (Å²) in [6.45, 7) is 0. The van der Waals surface area contributed by atoms with Gasteiger partial charge in [-0.25, -0.2) is 9.97 Å². The van der Waals surface area contributed by atoms with Crippen molar-refractivity contribution in [3.63, 3.8) is 0 Å². The Labute approximate surface area is 89.0 Å². The number of halogens is 1. The maximum atomic E-state index is 5.85. The van der Waals surface area contributed by atoms with Crippen LogP contribution in [0.3, 0.4) is 0 Å². The van der Waals surface area contributed by atoms with E-state index in [-0.39, 0.29) is 0 Å². The first-order chi connectivity index (χ1) is 6.36. The third-order valence-corrected chi connectivity index (χ3v) is 3.73. The zero-order chi connectivity index (χ0) is 9.10. The van der Waals surface area contributed by atoms with E-state index in [4.69, 9.17) is 11.6 Å². The number of nitrogens with zero attached hydrogens (tertiary/aromatic N) is 2. The molecule has 0 N–H and O–H groups in total. The lowest BCUT2D eigenvalue weighted by molar-refractivity contribution is 1.06. The molecular weight excluding hydrogens is 224 g/mol. The van der Waals surface area contributed by atoms with Crippen molar-refractivity contribution in [2.24, 2.45) is 0 Å². The molecule has 5 heteroatoms. The molecule has 2 aromatic heterocycles. The highest BCUT2D eigenvalue weighted by Crippen LogP contribution is 2.32. The summed E-state index contributed by atoms with van der Waals surface area (Å²) in [6.07, 6.45) is 3.22. The van der Waals surface area contributed by atoms with E-state index in [1.165, 1.54) is 16.0 Å². The first kappa shape index (κ1) is 8.99. The summed E-state index contributed by atoms with van der Waals surface area (Å²) in [6, 6.07) is 4.03. The summed E-state index contributed by atoms with van der Waals surface area (Å²) in [5.74, 6) is 0. The SMILES string of the molecule is Clc1nccnc1Sc1cccs1. The Morgan fingerprint density at radius 1 is 1.31 bits per heavy atom. The molecule has 2 heterocycles. The number of hydrogen-bond donors (Lipinski definition) is 0. The van der Waals surface area contributed by atoms with Crippen LogP contribution in [0, 0.1) is 0 Å². The van der Waals surface area contributed by atoms with Crippen LogP contribution in [-0.2, 0) is 0 Å². The molecular formula is C8H5ClN2S2. The molecule has 0 aromatic carbocycles. The largest absolute Gasteiger partial charge is 0.245 e. The van der Waals surface area contributed by atoms with Gasteiger partial charge in [-0.15, -0.1) is 11.3 Å². The second kappa shape index (κ2) is 4.09. The van der Waals surface area contributed by atoms with Crippen molar-refractivity contribution >= 4 is 34.7 Å². The molecule has 66 valence electrons. The third-order valence-electron chi connectivity index (χ3n) is 1.32. The second-order valence-electron chi connectivity index (χ2n) is 2.19. The number of rotatable bonds is 2. The first-order valence-corrected chi connectivity index (χ1v) is 5.61. The van der Waals surface area contributed by atoms with Crippen molar-refractivity contribution in [3.8, 4) is 0 Å². The van der Waals surface area contributed by atoms with Crippen molar-refractivity contribution in [3.05, 3.63) is 35.1 Å². The molecule has 0 atom stereocenters. The minimum absolute atomic E-state index is 0.459. The van der Waals surface area contributed by atoms with Gasteiger partial charge in [0.15, 0.2) is 5.15 Å². The minimum atomic E-state index is 0.459. The van der Waals surface area contributed by atoms with Crippen LogP contribution in [0.15, 0.2) is 39.1 Å². The summed E-state index contributed by atoms with van der Waals surface area (Å²) >= 11 is 9.05. The van der Waals surface area contributed by atoms with Gasteiger partial charge >= 0.3 is 0 Å². The highest BCUT2D eigenvalue weighted by molar-refractivity contribution is 8.01. The fourth-order valence-corrected chi connectivity index (χ4v) is 2.65. The monoisotopic (exact) mass is 228 g/mol. The van der Waals surface area contributed by atoms with Gasteiger partial charge in [0.2, 0.25) is 0 Å². The molecule has 0 aliphatic heterocycles. The maximum Gasteiger partial charge on any atom is 0.161 e. The van der Waals surface area contributed by atoms with E-state index < -0.39 is 0 Å². The lowest BCUT2D eigenvalue weighted by Gasteiger charge is -1.97. The van der Waals surface area contributed by atoms with Gasteiger partial charge < -0.3 is 0 Å². The molecule has 0 bridgehead atoms. The summed E-state index contributed by atoms with van der Waals surface area (Å²) in [5.41, 5.74) is 0. The average Bonchev–Trinajstić information content (AvgIpc) is 2.61. The predicted molar refractivity (Wildman–Crippen MR) is 55.5 cm³/mol. The van der Waals surface area contributed by atoms with Crippen LogP contribution in [0.25, 0.3) is 0 Å². The summed E-state index contributed by atoms with van der Waals surface area (Å²) in [7, 11) is 0. The Morgan fingerprint density at radius 3 is 2.85 bits per heavy atom. The molecule has 0 spiro atoms. The topological polar surface area (TPSA) is 25.8 Å². The zero-order valence-electron chi connectivity index (χ0n) is 6.48. The standard InChI is InChI=1S/C8H5ClN2S2/c9-7-8(11-4-3-10-7)13-6-2-1-5-12-6/h1-5H. The molecule has 0 unspecified atom stereocenters. The highest BCUT2D eigenvalue weighted by atomic mass is 35.5. The lowest BCUT2D eigenvalue weighted by atomic mass is 10.7. The number of hydrogen-bond acceptors (Lipinski definition) is 4. The van der Waals surface area contributed by atoms with E-state index in [1.54, 1.807) is 23.7 Å². The van der Waals surface area contributed by atoms with Gasteiger partial charge in [-0.2, -0.15) is 0 Å². The number of aromatic nitrogens is 2. The van der Waals surface area contributed by atoms with Crippen LogP contribution in [0.1, 0.15) is 0 Å². The fourth-order valence-electron chi connectivity index (χ4n) is 0.794. The molecule has 0 aliphatic rings. The Hall–Kier alpha value is -0.580. The van der Waals surface area contributed by atoms with Gasteiger partial charge in [-0.05, 0) is 11.4 Å². The van der Waals surface area contributed by atoms with Crippen LogP contribution in [0.2, 0.25) is 5.15 Å². The molecule has 13 heavy (non-hydrogen) atoms. The Bertz CT molecular complexity index is 389. The van der Waals surface area contributed by atoms with Crippen LogP contribution >= 0.6 is 34.7 Å². The normalized spacial score (nSPS) is 10.2. The van der Waals surface area contributed by atoms with E-state index in [9.17, 15) is 0 Å². The van der Waals surface area contributed by atoms with E-state index in [2.05, 4.69) is 9.97 Å². The first-order valence-electron chi connectivity index (χ1n) is 3.54. The van der Waals surface area contributed by atoms with Crippen molar-refractivity contribution in [1.82, 2.24) is 9.97 Å². The van der Waals surface area contributed by atoms with Gasteiger partial charge in [-0.3, -0.25) is 0 Å². The predicted octanol–water partition coefficient (Wildman–Crippen LogP) is 3.34. The van der Waals surface area contributed by atoms with E-state index >= 15 is 0 Å².